The molecule has 0 saturated heterocycles. The molecule has 0 radical (unpaired) electrons. The van der Waals surface area contributed by atoms with Crippen LogP contribution in [0.5, 0.6) is 0 Å². The molecule has 2 aliphatic carbocycles. The lowest BCUT2D eigenvalue weighted by molar-refractivity contribution is 0.0216. The lowest BCUT2D eigenvalue weighted by Gasteiger charge is -2.47. The minimum Gasteiger partial charge on any atom is -0.388 e. The fraction of sp³-hybridized carbons (Fsp3) is 0.370. The molecule has 166 valence electrons. The Labute approximate surface area is 187 Å². The number of aromatic nitrogens is 2. The summed E-state index contributed by atoms with van der Waals surface area (Å²) in [5, 5.41) is 16.0. The van der Waals surface area contributed by atoms with Crippen molar-refractivity contribution in [2.45, 2.75) is 52.6 Å². The molecular formula is C27H28F2N2O. The van der Waals surface area contributed by atoms with Gasteiger partial charge in [-0.1, -0.05) is 24.6 Å². The summed E-state index contributed by atoms with van der Waals surface area (Å²) in [4.78, 5) is 0. The first-order chi connectivity index (χ1) is 15.3. The van der Waals surface area contributed by atoms with Crippen LogP contribution in [-0.4, -0.2) is 14.9 Å². The van der Waals surface area contributed by atoms with E-state index in [0.29, 0.717) is 11.1 Å². The molecule has 1 saturated carbocycles. The van der Waals surface area contributed by atoms with Crippen molar-refractivity contribution in [1.82, 2.24) is 9.78 Å². The van der Waals surface area contributed by atoms with Gasteiger partial charge in [0.15, 0.2) is 0 Å². The van der Waals surface area contributed by atoms with Crippen molar-refractivity contribution in [1.29, 1.82) is 0 Å². The first kappa shape index (κ1) is 21.1. The smallest absolute Gasteiger partial charge is 0.129 e. The summed E-state index contributed by atoms with van der Waals surface area (Å²) < 4.78 is 29.4. The van der Waals surface area contributed by atoms with Crippen LogP contribution in [0.1, 0.15) is 60.2 Å². The van der Waals surface area contributed by atoms with E-state index in [1.54, 1.807) is 38.1 Å². The Morgan fingerprint density at radius 3 is 2.50 bits per heavy atom. The Morgan fingerprint density at radius 1 is 1.12 bits per heavy atom. The van der Waals surface area contributed by atoms with Crippen LogP contribution in [0.3, 0.4) is 0 Å². The number of fused-ring (bicyclic) bond motifs is 2. The lowest BCUT2D eigenvalue weighted by atomic mass is 9.57. The standard InChI is InChI=1S/C27H28F2N2O/c1-16-11-18(12-17(2)25(16)29)26(32)23-6-4-5-20-13-24-19(14-27(20,23)3)15-30-31(24)22-9-7-21(28)8-10-22/h7-13,15,23,26,32H,4-6,14H2,1-3H3/t23-,26+,27+/m1/s1. The van der Waals surface area contributed by atoms with Gasteiger partial charge in [-0.3, -0.25) is 0 Å². The third-order valence-corrected chi connectivity index (χ3v) is 7.52. The second-order valence-corrected chi connectivity index (χ2v) is 9.62. The quantitative estimate of drug-likeness (QED) is 0.529. The number of aliphatic hydroxyl groups excluding tert-OH is 1. The molecule has 0 spiro atoms. The van der Waals surface area contributed by atoms with Crippen LogP contribution in [0.2, 0.25) is 0 Å². The van der Waals surface area contributed by atoms with Gasteiger partial charge in [-0.15, -0.1) is 0 Å². The third kappa shape index (κ3) is 3.30. The summed E-state index contributed by atoms with van der Waals surface area (Å²) >= 11 is 0. The summed E-state index contributed by atoms with van der Waals surface area (Å²) in [6.45, 7) is 5.75. The number of allylic oxidation sites excluding steroid dienone is 1. The zero-order chi connectivity index (χ0) is 22.6. The Kier molecular flexibility index (Phi) is 5.05. The van der Waals surface area contributed by atoms with Gasteiger partial charge in [0.25, 0.3) is 0 Å². The highest BCUT2D eigenvalue weighted by Gasteiger charge is 2.46. The van der Waals surface area contributed by atoms with Gasteiger partial charge in [0.05, 0.1) is 23.7 Å². The van der Waals surface area contributed by atoms with Gasteiger partial charge < -0.3 is 5.11 Å². The summed E-state index contributed by atoms with van der Waals surface area (Å²) in [7, 11) is 0. The minimum atomic E-state index is -0.657. The van der Waals surface area contributed by atoms with E-state index >= 15 is 0 Å². The Balaban J connectivity index is 1.52. The average Bonchev–Trinajstić information content (AvgIpc) is 3.17. The number of rotatable bonds is 3. The fourth-order valence-corrected chi connectivity index (χ4v) is 5.76. The Morgan fingerprint density at radius 2 is 1.81 bits per heavy atom. The topological polar surface area (TPSA) is 38.1 Å². The molecule has 0 amide bonds. The van der Waals surface area contributed by atoms with E-state index in [2.05, 4.69) is 18.1 Å². The average molecular weight is 435 g/mol. The van der Waals surface area contributed by atoms with Gasteiger partial charge in [0, 0.05) is 0 Å². The molecule has 3 aromatic rings. The van der Waals surface area contributed by atoms with Crippen molar-refractivity contribution in [2.24, 2.45) is 11.3 Å². The van der Waals surface area contributed by atoms with Gasteiger partial charge in [-0.2, -0.15) is 5.10 Å². The van der Waals surface area contributed by atoms with Crippen LogP contribution in [0, 0.1) is 36.8 Å². The van der Waals surface area contributed by atoms with Gasteiger partial charge in [-0.25, -0.2) is 13.5 Å². The zero-order valence-corrected chi connectivity index (χ0v) is 18.7. The molecule has 1 N–H and O–H groups in total. The third-order valence-electron chi connectivity index (χ3n) is 7.52. The predicted octanol–water partition coefficient (Wildman–Crippen LogP) is 6.25. The molecule has 2 aliphatic rings. The molecule has 1 heterocycles. The van der Waals surface area contributed by atoms with Crippen molar-refractivity contribution in [2.75, 3.05) is 0 Å². The van der Waals surface area contributed by atoms with Crippen molar-refractivity contribution >= 4 is 6.08 Å². The highest BCUT2D eigenvalue weighted by atomic mass is 19.1. The van der Waals surface area contributed by atoms with Crippen LogP contribution < -0.4 is 0 Å². The van der Waals surface area contributed by atoms with E-state index in [0.717, 1.165) is 48.2 Å². The van der Waals surface area contributed by atoms with Crippen LogP contribution in [0.15, 0.2) is 48.2 Å². The maximum atomic E-state index is 14.2. The van der Waals surface area contributed by atoms with Gasteiger partial charge in [-0.05, 0) is 103 Å². The summed E-state index contributed by atoms with van der Waals surface area (Å²) in [5.41, 5.74) is 6.06. The minimum absolute atomic E-state index is 0.0362. The molecule has 1 aromatic heterocycles. The number of aryl methyl sites for hydroxylation is 2. The number of benzene rings is 2. The lowest BCUT2D eigenvalue weighted by Crippen LogP contribution is -2.40. The maximum absolute atomic E-state index is 14.2. The predicted molar refractivity (Wildman–Crippen MR) is 121 cm³/mol. The summed E-state index contributed by atoms with van der Waals surface area (Å²) in [5.74, 6) is -0.433. The monoisotopic (exact) mass is 434 g/mol. The van der Waals surface area contributed by atoms with Crippen LogP contribution in [0.4, 0.5) is 8.78 Å². The van der Waals surface area contributed by atoms with Gasteiger partial charge in [0.1, 0.15) is 11.6 Å². The molecule has 0 bridgehead atoms. The molecule has 0 unspecified atom stereocenters. The first-order valence-corrected chi connectivity index (χ1v) is 11.3. The molecule has 1 fully saturated rings. The van der Waals surface area contributed by atoms with E-state index in [1.807, 2.05) is 10.9 Å². The molecule has 0 aliphatic heterocycles. The fourth-order valence-electron chi connectivity index (χ4n) is 5.76. The molecule has 3 nitrogen and oxygen atoms in total. The second-order valence-electron chi connectivity index (χ2n) is 9.62. The van der Waals surface area contributed by atoms with E-state index in [-0.39, 0.29) is 23.0 Å². The number of hydrogen-bond donors (Lipinski definition) is 1. The highest BCUT2D eigenvalue weighted by molar-refractivity contribution is 5.61. The second kappa shape index (κ2) is 7.66. The van der Waals surface area contributed by atoms with Crippen molar-refractivity contribution in [3.63, 3.8) is 0 Å². The van der Waals surface area contributed by atoms with E-state index < -0.39 is 6.10 Å². The van der Waals surface area contributed by atoms with Crippen molar-refractivity contribution in [3.8, 4) is 5.69 Å². The van der Waals surface area contributed by atoms with Crippen LogP contribution >= 0.6 is 0 Å². The summed E-state index contributed by atoms with van der Waals surface area (Å²) in [6.07, 6.45) is 7.14. The SMILES string of the molecule is Cc1cc([C@H](O)[C@H]2CCCC3=Cc4c(cnn4-c4ccc(F)cc4)C[C@@]32C)cc(C)c1F. The normalized spacial score (nSPS) is 23.3. The molecular weight excluding hydrogens is 406 g/mol. The van der Waals surface area contributed by atoms with E-state index in [1.165, 1.54) is 17.7 Å². The molecule has 2 aromatic carbocycles. The first-order valence-electron chi connectivity index (χ1n) is 11.3. The van der Waals surface area contributed by atoms with Gasteiger partial charge >= 0.3 is 0 Å². The molecule has 5 rings (SSSR count). The summed E-state index contributed by atoms with van der Waals surface area (Å²) in [6, 6.07) is 9.94. The number of hydrogen-bond acceptors (Lipinski definition) is 2. The molecule has 3 atom stereocenters. The Hall–Kier alpha value is -2.79. The van der Waals surface area contributed by atoms with E-state index in [4.69, 9.17) is 0 Å². The largest absolute Gasteiger partial charge is 0.388 e. The Bertz CT molecular complexity index is 1190. The maximum Gasteiger partial charge on any atom is 0.129 e. The van der Waals surface area contributed by atoms with Gasteiger partial charge in [0.2, 0.25) is 0 Å². The van der Waals surface area contributed by atoms with Crippen molar-refractivity contribution < 1.29 is 13.9 Å². The number of nitrogens with zero attached hydrogens (tertiary/aromatic N) is 2. The van der Waals surface area contributed by atoms with E-state index in [9.17, 15) is 13.9 Å². The van der Waals surface area contributed by atoms with Crippen LogP contribution in [-0.2, 0) is 6.42 Å². The van der Waals surface area contributed by atoms with Crippen molar-refractivity contribution in [3.05, 3.63) is 87.8 Å². The molecule has 5 heteroatoms. The highest BCUT2D eigenvalue weighted by Crippen LogP contribution is 2.54. The molecule has 32 heavy (non-hydrogen) atoms. The number of aliphatic hydroxyl groups is 1. The number of halogens is 2. The zero-order valence-electron chi connectivity index (χ0n) is 18.7. The van der Waals surface area contributed by atoms with Crippen LogP contribution in [0.25, 0.3) is 11.8 Å².